The van der Waals surface area contributed by atoms with Crippen LogP contribution in [-0.2, 0) is 13.1 Å². The number of rotatable bonds is 4. The van der Waals surface area contributed by atoms with Crippen LogP contribution in [0, 0.1) is 12.8 Å². The van der Waals surface area contributed by atoms with Gasteiger partial charge in [-0.2, -0.15) is 0 Å². The number of fused-ring (bicyclic) bond motifs is 1. The van der Waals surface area contributed by atoms with Crippen molar-refractivity contribution in [1.29, 1.82) is 0 Å². The largest absolute Gasteiger partial charge is 0.315 e. The Kier molecular flexibility index (Phi) is 4.05. The molecule has 0 amide bonds. The minimum absolute atomic E-state index is 0.124. The summed E-state index contributed by atoms with van der Waals surface area (Å²) in [4.78, 5) is 12.5. The maximum absolute atomic E-state index is 12.5. The molecule has 0 aliphatic carbocycles. The highest BCUT2D eigenvalue weighted by Gasteiger charge is 2.10. The van der Waals surface area contributed by atoms with Crippen molar-refractivity contribution in [2.45, 2.75) is 33.9 Å². The number of pyridine rings is 1. The fraction of sp³-hybridized carbons (Fsp3) is 0.438. The third-order valence-electron chi connectivity index (χ3n) is 3.24. The van der Waals surface area contributed by atoms with Crippen LogP contribution in [0.15, 0.2) is 29.1 Å². The average Bonchev–Trinajstić information content (AvgIpc) is 2.34. The molecule has 0 saturated carbocycles. The first kappa shape index (κ1) is 13.8. The van der Waals surface area contributed by atoms with Gasteiger partial charge in [0, 0.05) is 18.7 Å². The second-order valence-corrected chi connectivity index (χ2v) is 5.57. The Morgan fingerprint density at radius 2 is 2.00 bits per heavy atom. The molecule has 0 unspecified atom stereocenters. The number of hydrogen-bond donors (Lipinski definition) is 1. The van der Waals surface area contributed by atoms with E-state index in [-0.39, 0.29) is 5.56 Å². The lowest BCUT2D eigenvalue weighted by Gasteiger charge is -2.15. The quantitative estimate of drug-likeness (QED) is 0.915. The number of hydrogen-bond acceptors (Lipinski definition) is 2. The van der Waals surface area contributed by atoms with Crippen LogP contribution in [0.5, 0.6) is 0 Å². The fourth-order valence-electron chi connectivity index (χ4n) is 2.43. The highest BCUT2D eigenvalue weighted by Crippen LogP contribution is 2.17. The van der Waals surface area contributed by atoms with Crippen LogP contribution in [0.25, 0.3) is 10.9 Å². The Morgan fingerprint density at radius 3 is 2.63 bits per heavy atom. The maximum Gasteiger partial charge on any atom is 0.255 e. The summed E-state index contributed by atoms with van der Waals surface area (Å²) in [5.74, 6) is 0.451. The van der Waals surface area contributed by atoms with Gasteiger partial charge < -0.3 is 9.88 Å². The van der Waals surface area contributed by atoms with Gasteiger partial charge in [0.05, 0.1) is 5.52 Å². The lowest BCUT2D eigenvalue weighted by atomic mass is 10.1. The molecule has 2 aromatic rings. The summed E-state index contributed by atoms with van der Waals surface area (Å²) >= 11 is 0. The van der Waals surface area contributed by atoms with Gasteiger partial charge in [-0.25, -0.2) is 0 Å². The molecule has 0 radical (unpaired) electrons. The van der Waals surface area contributed by atoms with E-state index in [2.05, 4.69) is 44.3 Å². The van der Waals surface area contributed by atoms with Crippen molar-refractivity contribution < 1.29 is 0 Å². The molecule has 0 atom stereocenters. The SMILES string of the molecule is CNCc1cc2cc(C)ccc2n(CC(C)C)c1=O. The summed E-state index contributed by atoms with van der Waals surface area (Å²) in [6, 6.07) is 8.27. The van der Waals surface area contributed by atoms with Crippen LogP contribution >= 0.6 is 0 Å². The van der Waals surface area contributed by atoms with E-state index in [0.29, 0.717) is 12.5 Å². The summed E-state index contributed by atoms with van der Waals surface area (Å²) in [5.41, 5.74) is 3.21. The van der Waals surface area contributed by atoms with E-state index in [1.165, 1.54) is 5.56 Å². The molecule has 1 N–H and O–H groups in total. The van der Waals surface area contributed by atoms with Crippen molar-refractivity contribution >= 4 is 10.9 Å². The molecule has 0 fully saturated rings. The fourth-order valence-corrected chi connectivity index (χ4v) is 2.43. The van der Waals surface area contributed by atoms with Crippen LogP contribution in [0.2, 0.25) is 0 Å². The molecule has 3 heteroatoms. The van der Waals surface area contributed by atoms with Gasteiger partial charge >= 0.3 is 0 Å². The Bertz CT molecular complexity index is 641. The zero-order valence-corrected chi connectivity index (χ0v) is 12.2. The summed E-state index contributed by atoms with van der Waals surface area (Å²) in [7, 11) is 1.87. The van der Waals surface area contributed by atoms with Crippen molar-refractivity contribution in [3.63, 3.8) is 0 Å². The lowest BCUT2D eigenvalue weighted by Crippen LogP contribution is -2.28. The highest BCUT2D eigenvalue weighted by atomic mass is 16.1. The molecule has 1 aromatic carbocycles. The van der Waals surface area contributed by atoms with Gasteiger partial charge in [0.1, 0.15) is 0 Å². The summed E-state index contributed by atoms with van der Waals surface area (Å²) in [6.45, 7) is 7.72. The highest BCUT2D eigenvalue weighted by molar-refractivity contribution is 5.80. The standard InChI is InChI=1S/C16H22N2O/c1-11(2)10-18-15-6-5-12(3)7-13(15)8-14(9-17-4)16(18)19/h5-8,11,17H,9-10H2,1-4H3. The van der Waals surface area contributed by atoms with Gasteiger partial charge in [-0.3, -0.25) is 4.79 Å². The molecule has 1 heterocycles. The Morgan fingerprint density at radius 1 is 1.26 bits per heavy atom. The maximum atomic E-state index is 12.5. The molecule has 0 spiro atoms. The first-order chi connectivity index (χ1) is 9.02. The van der Waals surface area contributed by atoms with Gasteiger partial charge in [0.2, 0.25) is 0 Å². The summed E-state index contributed by atoms with van der Waals surface area (Å²) < 4.78 is 1.91. The monoisotopic (exact) mass is 258 g/mol. The molecule has 3 nitrogen and oxygen atoms in total. The summed E-state index contributed by atoms with van der Waals surface area (Å²) in [5, 5.41) is 4.22. The molecule has 0 bridgehead atoms. The van der Waals surface area contributed by atoms with E-state index in [9.17, 15) is 4.79 Å². The van der Waals surface area contributed by atoms with E-state index in [1.54, 1.807) is 0 Å². The number of nitrogens with zero attached hydrogens (tertiary/aromatic N) is 1. The van der Waals surface area contributed by atoms with Crippen molar-refractivity contribution in [2.24, 2.45) is 5.92 Å². The van der Waals surface area contributed by atoms with Crippen LogP contribution < -0.4 is 10.9 Å². The third kappa shape index (κ3) is 2.87. The second-order valence-electron chi connectivity index (χ2n) is 5.57. The van der Waals surface area contributed by atoms with Gasteiger partial charge in [0.25, 0.3) is 5.56 Å². The summed E-state index contributed by atoms with van der Waals surface area (Å²) in [6.07, 6.45) is 0. The van der Waals surface area contributed by atoms with Crippen LogP contribution in [0.4, 0.5) is 0 Å². The molecule has 102 valence electrons. The number of nitrogens with one attached hydrogen (secondary N) is 1. The molecule has 19 heavy (non-hydrogen) atoms. The lowest BCUT2D eigenvalue weighted by molar-refractivity contribution is 0.520. The van der Waals surface area contributed by atoms with E-state index >= 15 is 0 Å². The third-order valence-corrected chi connectivity index (χ3v) is 3.24. The molecule has 0 saturated heterocycles. The molecular weight excluding hydrogens is 236 g/mol. The predicted octanol–water partition coefficient (Wildman–Crippen LogP) is 2.69. The molecule has 2 rings (SSSR count). The van der Waals surface area contributed by atoms with Gasteiger partial charge in [-0.15, -0.1) is 0 Å². The molecule has 1 aromatic heterocycles. The number of benzene rings is 1. The topological polar surface area (TPSA) is 34.0 Å². The number of aromatic nitrogens is 1. The van der Waals surface area contributed by atoms with Crippen LogP contribution in [0.1, 0.15) is 25.0 Å². The minimum Gasteiger partial charge on any atom is -0.315 e. The normalized spacial score (nSPS) is 11.4. The Hall–Kier alpha value is -1.61. The van der Waals surface area contributed by atoms with Crippen molar-refractivity contribution in [1.82, 2.24) is 9.88 Å². The van der Waals surface area contributed by atoms with Crippen LogP contribution in [0.3, 0.4) is 0 Å². The van der Waals surface area contributed by atoms with E-state index in [4.69, 9.17) is 0 Å². The van der Waals surface area contributed by atoms with E-state index in [0.717, 1.165) is 23.0 Å². The Balaban J connectivity index is 2.72. The zero-order valence-electron chi connectivity index (χ0n) is 12.2. The van der Waals surface area contributed by atoms with Gasteiger partial charge in [0.15, 0.2) is 0 Å². The molecular formula is C16H22N2O. The molecule has 0 aliphatic rings. The smallest absolute Gasteiger partial charge is 0.255 e. The average molecular weight is 258 g/mol. The van der Waals surface area contributed by atoms with E-state index in [1.807, 2.05) is 17.7 Å². The van der Waals surface area contributed by atoms with Crippen LogP contribution in [-0.4, -0.2) is 11.6 Å². The van der Waals surface area contributed by atoms with Crippen molar-refractivity contribution in [2.75, 3.05) is 7.05 Å². The van der Waals surface area contributed by atoms with Gasteiger partial charge in [-0.1, -0.05) is 25.5 Å². The molecule has 0 aliphatic heterocycles. The second kappa shape index (κ2) is 5.57. The zero-order chi connectivity index (χ0) is 14.0. The van der Waals surface area contributed by atoms with Gasteiger partial charge in [-0.05, 0) is 43.5 Å². The van der Waals surface area contributed by atoms with E-state index < -0.39 is 0 Å². The first-order valence-corrected chi connectivity index (χ1v) is 6.80. The predicted molar refractivity (Wildman–Crippen MR) is 80.5 cm³/mol. The minimum atomic E-state index is 0.124. The van der Waals surface area contributed by atoms with Crippen molar-refractivity contribution in [3.05, 3.63) is 45.7 Å². The number of aryl methyl sites for hydroxylation is 1. The Labute approximate surface area is 114 Å². The van der Waals surface area contributed by atoms with Crippen molar-refractivity contribution in [3.8, 4) is 0 Å². The first-order valence-electron chi connectivity index (χ1n) is 6.80.